The molecule has 2 bridgehead atoms. The highest BCUT2D eigenvalue weighted by atomic mass is 19.1. The van der Waals surface area contributed by atoms with E-state index in [1.807, 2.05) is 0 Å². The largest absolute Gasteiger partial charge is 0.371 e. The van der Waals surface area contributed by atoms with E-state index >= 15 is 0 Å². The molecule has 156 valence electrons. The van der Waals surface area contributed by atoms with E-state index in [0.29, 0.717) is 17.2 Å². The summed E-state index contributed by atoms with van der Waals surface area (Å²) in [6, 6.07) is 3.43. The van der Waals surface area contributed by atoms with Crippen LogP contribution in [0.4, 0.5) is 16.0 Å². The predicted octanol–water partition coefficient (Wildman–Crippen LogP) is 2.35. The van der Waals surface area contributed by atoms with Crippen LogP contribution >= 0.6 is 0 Å². The zero-order valence-corrected chi connectivity index (χ0v) is 17.0. The molecule has 10 heteroatoms. The molecule has 0 spiro atoms. The van der Waals surface area contributed by atoms with Gasteiger partial charge in [-0.1, -0.05) is 0 Å². The first kappa shape index (κ1) is 18.9. The average Bonchev–Trinajstić information content (AvgIpc) is 3.05. The maximum Gasteiger partial charge on any atom is 0.222 e. The first-order chi connectivity index (χ1) is 14.3. The van der Waals surface area contributed by atoms with E-state index in [-0.39, 0.29) is 23.9 Å². The third-order valence-electron chi connectivity index (χ3n) is 5.30. The Balaban J connectivity index is 1.65. The van der Waals surface area contributed by atoms with E-state index in [9.17, 15) is 9.18 Å². The highest BCUT2D eigenvalue weighted by Crippen LogP contribution is 2.35. The van der Waals surface area contributed by atoms with E-state index in [4.69, 9.17) is 9.84 Å². The maximum atomic E-state index is 14.4. The molecule has 0 saturated carbocycles. The van der Waals surface area contributed by atoms with Crippen LogP contribution in [-0.2, 0) is 15.2 Å². The Bertz CT molecular complexity index is 1120. The molecule has 3 aromatic heterocycles. The van der Waals surface area contributed by atoms with Gasteiger partial charge in [-0.2, -0.15) is 0 Å². The lowest BCUT2D eigenvalue weighted by molar-refractivity contribution is -0.133. The lowest BCUT2D eigenvalue weighted by atomic mass is 9.99. The van der Waals surface area contributed by atoms with Crippen LogP contribution in [0.3, 0.4) is 0 Å². The van der Waals surface area contributed by atoms with Crippen LogP contribution in [-0.4, -0.2) is 55.9 Å². The first-order valence-corrected chi connectivity index (χ1v) is 9.87. The van der Waals surface area contributed by atoms with Gasteiger partial charge in [-0.3, -0.25) is 4.79 Å². The molecule has 30 heavy (non-hydrogen) atoms. The third-order valence-corrected chi connectivity index (χ3v) is 5.30. The topological polar surface area (TPSA) is 98.1 Å². The number of halogens is 1. The molecule has 0 aromatic carbocycles. The SMILES string of the molecule is CC(=O)Nc1cc2c(cn1)c(N1CC3CC(C1)O3)nn2-c1ccnc(C(C)(C)F)n1. The van der Waals surface area contributed by atoms with Crippen molar-refractivity contribution < 1.29 is 13.9 Å². The van der Waals surface area contributed by atoms with Crippen LogP contribution in [0.15, 0.2) is 24.5 Å². The number of pyridine rings is 1. The first-order valence-electron chi connectivity index (χ1n) is 9.87. The summed E-state index contributed by atoms with van der Waals surface area (Å²) in [5, 5.41) is 8.32. The van der Waals surface area contributed by atoms with E-state index < -0.39 is 5.67 Å². The van der Waals surface area contributed by atoms with Gasteiger partial charge in [0.05, 0.1) is 23.1 Å². The molecule has 1 N–H and O–H groups in total. The fourth-order valence-corrected chi connectivity index (χ4v) is 3.93. The molecule has 0 radical (unpaired) electrons. The monoisotopic (exact) mass is 411 g/mol. The molecule has 6 heterocycles. The standard InChI is InChI=1S/C20H22FN7O2/c1-11(29)24-16-7-15-14(8-23-16)18(27-9-12-6-13(10-27)30-12)26-28(15)17-4-5-22-19(25-17)20(2,3)21/h4-5,7-8,12-13H,6,9-10H2,1-3H3,(H,23,24,29). The number of ether oxygens (including phenoxy) is 1. The number of morpholine rings is 1. The number of carbonyl (C=O) groups excluding carboxylic acids is 1. The van der Waals surface area contributed by atoms with Crippen molar-refractivity contribution in [3.8, 4) is 5.82 Å². The summed E-state index contributed by atoms with van der Waals surface area (Å²) in [4.78, 5) is 26.5. The number of nitrogens with zero attached hydrogens (tertiary/aromatic N) is 6. The molecular formula is C20H22FN7O2. The summed E-state index contributed by atoms with van der Waals surface area (Å²) in [6.45, 7) is 5.76. The third kappa shape index (κ3) is 3.26. The van der Waals surface area contributed by atoms with Gasteiger partial charge in [-0.25, -0.2) is 24.0 Å². The molecule has 3 saturated heterocycles. The van der Waals surface area contributed by atoms with Gasteiger partial charge in [-0.05, 0) is 13.8 Å². The van der Waals surface area contributed by atoms with Crippen molar-refractivity contribution in [2.75, 3.05) is 23.3 Å². The van der Waals surface area contributed by atoms with Gasteiger partial charge in [0, 0.05) is 51.0 Å². The number of piperidine rings is 1. The number of fused-ring (bicyclic) bond motifs is 3. The summed E-state index contributed by atoms with van der Waals surface area (Å²) < 4.78 is 21.8. The Labute approximate surface area is 172 Å². The fraction of sp³-hybridized carbons (Fsp3) is 0.450. The van der Waals surface area contributed by atoms with Crippen LogP contribution in [0, 0.1) is 0 Å². The number of anilines is 2. The Morgan fingerprint density at radius 3 is 2.70 bits per heavy atom. The molecule has 6 rings (SSSR count). The number of carbonyl (C=O) groups is 1. The van der Waals surface area contributed by atoms with E-state index in [0.717, 1.165) is 30.7 Å². The van der Waals surface area contributed by atoms with Crippen molar-refractivity contribution >= 4 is 28.4 Å². The second kappa shape index (κ2) is 6.69. The number of nitrogens with one attached hydrogen (secondary N) is 1. The van der Waals surface area contributed by atoms with Gasteiger partial charge in [0.2, 0.25) is 5.91 Å². The van der Waals surface area contributed by atoms with Gasteiger partial charge in [0.1, 0.15) is 5.82 Å². The van der Waals surface area contributed by atoms with Crippen molar-refractivity contribution in [3.63, 3.8) is 0 Å². The molecule has 0 aliphatic carbocycles. The van der Waals surface area contributed by atoms with Crippen LogP contribution in [0.2, 0.25) is 0 Å². The van der Waals surface area contributed by atoms with E-state index in [1.165, 1.54) is 27.0 Å². The molecule has 9 nitrogen and oxygen atoms in total. The molecular weight excluding hydrogens is 389 g/mol. The summed E-state index contributed by atoms with van der Waals surface area (Å²) in [6.07, 6.45) is 4.72. The van der Waals surface area contributed by atoms with Crippen LogP contribution in [0.25, 0.3) is 16.7 Å². The number of alkyl halides is 1. The number of rotatable bonds is 4. The minimum absolute atomic E-state index is 0.0777. The smallest absolute Gasteiger partial charge is 0.222 e. The zero-order chi connectivity index (χ0) is 21.0. The second-order valence-corrected chi connectivity index (χ2v) is 8.23. The molecule has 2 atom stereocenters. The zero-order valence-electron chi connectivity index (χ0n) is 17.0. The predicted molar refractivity (Wildman–Crippen MR) is 108 cm³/mol. The minimum Gasteiger partial charge on any atom is -0.371 e. The van der Waals surface area contributed by atoms with Crippen LogP contribution in [0.5, 0.6) is 0 Å². The second-order valence-electron chi connectivity index (χ2n) is 8.23. The molecule has 3 fully saturated rings. The van der Waals surface area contributed by atoms with Gasteiger partial charge in [-0.15, -0.1) is 5.10 Å². The van der Waals surface area contributed by atoms with Crippen molar-refractivity contribution in [3.05, 3.63) is 30.4 Å². The molecule has 3 aromatic rings. The number of amides is 1. The summed E-state index contributed by atoms with van der Waals surface area (Å²) in [5.41, 5.74) is -0.971. The van der Waals surface area contributed by atoms with Crippen LogP contribution < -0.4 is 10.2 Å². The van der Waals surface area contributed by atoms with Crippen molar-refractivity contribution in [1.29, 1.82) is 0 Å². The van der Waals surface area contributed by atoms with E-state index in [1.54, 1.807) is 23.0 Å². The lowest BCUT2D eigenvalue weighted by Crippen LogP contribution is -2.57. The number of hydrogen-bond donors (Lipinski definition) is 1. The maximum absolute atomic E-state index is 14.4. The van der Waals surface area contributed by atoms with Gasteiger partial charge in [0.25, 0.3) is 0 Å². The Morgan fingerprint density at radius 1 is 1.30 bits per heavy atom. The minimum atomic E-state index is -1.68. The number of aromatic nitrogens is 5. The molecule has 2 unspecified atom stereocenters. The van der Waals surface area contributed by atoms with Crippen molar-refractivity contribution in [2.45, 2.75) is 45.1 Å². The summed E-state index contributed by atoms with van der Waals surface area (Å²) >= 11 is 0. The summed E-state index contributed by atoms with van der Waals surface area (Å²) in [7, 11) is 0. The average molecular weight is 411 g/mol. The lowest BCUT2D eigenvalue weighted by Gasteiger charge is -2.47. The van der Waals surface area contributed by atoms with Crippen molar-refractivity contribution in [1.82, 2.24) is 24.7 Å². The Kier molecular flexibility index (Phi) is 4.21. The Hall–Kier alpha value is -3.14. The highest BCUT2D eigenvalue weighted by Gasteiger charge is 2.39. The number of hydrogen-bond acceptors (Lipinski definition) is 7. The van der Waals surface area contributed by atoms with Crippen LogP contribution in [0.1, 0.15) is 33.0 Å². The van der Waals surface area contributed by atoms with Gasteiger partial charge in [0.15, 0.2) is 23.1 Å². The highest BCUT2D eigenvalue weighted by molar-refractivity contribution is 5.95. The molecule has 1 amide bonds. The quantitative estimate of drug-likeness (QED) is 0.704. The normalized spacial score (nSPS) is 20.9. The Morgan fingerprint density at radius 2 is 2.03 bits per heavy atom. The van der Waals surface area contributed by atoms with Gasteiger partial charge >= 0.3 is 0 Å². The van der Waals surface area contributed by atoms with Gasteiger partial charge < -0.3 is 15.0 Å². The van der Waals surface area contributed by atoms with E-state index in [2.05, 4.69) is 25.2 Å². The molecule has 3 aliphatic heterocycles. The summed E-state index contributed by atoms with van der Waals surface area (Å²) in [5.74, 6) is 1.48. The molecule has 3 aliphatic rings. The van der Waals surface area contributed by atoms with Crippen molar-refractivity contribution in [2.24, 2.45) is 0 Å². The fourth-order valence-electron chi connectivity index (χ4n) is 3.93.